The lowest BCUT2D eigenvalue weighted by Crippen LogP contribution is -2.47. The van der Waals surface area contributed by atoms with Crippen molar-refractivity contribution in [3.63, 3.8) is 0 Å². The molecule has 0 saturated carbocycles. The van der Waals surface area contributed by atoms with E-state index in [2.05, 4.69) is 47.9 Å². The summed E-state index contributed by atoms with van der Waals surface area (Å²) in [5, 5.41) is 0. The first-order chi connectivity index (χ1) is 12.9. The van der Waals surface area contributed by atoms with Crippen molar-refractivity contribution in [1.29, 1.82) is 0 Å². The summed E-state index contributed by atoms with van der Waals surface area (Å²) < 4.78 is 0. The number of nitrogens with zero attached hydrogens (tertiary/aromatic N) is 6. The van der Waals surface area contributed by atoms with E-state index in [1.165, 1.54) is 25.0 Å². The van der Waals surface area contributed by atoms with Gasteiger partial charge in [0.1, 0.15) is 18.0 Å². The van der Waals surface area contributed by atoms with Crippen LogP contribution in [0.4, 0.5) is 11.6 Å². The Morgan fingerprint density at radius 1 is 0.769 bits per heavy atom. The van der Waals surface area contributed by atoms with Crippen LogP contribution in [-0.2, 0) is 6.42 Å². The largest absolute Gasteiger partial charge is 0.356 e. The monoisotopic (exact) mass is 352 g/mol. The highest BCUT2D eigenvalue weighted by Crippen LogP contribution is 2.22. The molecule has 138 valence electrons. The van der Waals surface area contributed by atoms with Gasteiger partial charge >= 0.3 is 0 Å². The van der Waals surface area contributed by atoms with Gasteiger partial charge in [-0.25, -0.2) is 9.97 Å². The molecule has 0 N–H and O–H groups in total. The molecule has 2 aliphatic heterocycles. The second-order valence-electron chi connectivity index (χ2n) is 7.18. The van der Waals surface area contributed by atoms with Crippen molar-refractivity contribution in [3.8, 4) is 0 Å². The molecule has 0 spiro atoms. The molecule has 0 aliphatic carbocycles. The molecule has 6 nitrogen and oxygen atoms in total. The fourth-order valence-corrected chi connectivity index (χ4v) is 3.83. The van der Waals surface area contributed by atoms with Crippen LogP contribution >= 0.6 is 0 Å². The van der Waals surface area contributed by atoms with Gasteiger partial charge in [-0.05, 0) is 31.4 Å². The third-order valence-electron chi connectivity index (χ3n) is 5.42. The Morgan fingerprint density at radius 3 is 2.19 bits per heavy atom. The summed E-state index contributed by atoms with van der Waals surface area (Å²) in [5.41, 5.74) is 1.18. The van der Waals surface area contributed by atoms with E-state index in [4.69, 9.17) is 0 Å². The van der Waals surface area contributed by atoms with E-state index in [9.17, 15) is 0 Å². The molecule has 0 unspecified atom stereocenters. The highest BCUT2D eigenvalue weighted by atomic mass is 15.3. The van der Waals surface area contributed by atoms with Gasteiger partial charge in [0.2, 0.25) is 0 Å². The number of anilines is 2. The Balaban J connectivity index is 1.30. The van der Waals surface area contributed by atoms with Crippen LogP contribution in [0.5, 0.6) is 0 Å². The zero-order valence-electron chi connectivity index (χ0n) is 15.4. The van der Waals surface area contributed by atoms with E-state index in [0.29, 0.717) is 0 Å². The molecule has 4 rings (SSSR count). The molecule has 0 radical (unpaired) electrons. The smallest absolute Gasteiger partial charge is 0.134 e. The number of rotatable bonds is 5. The summed E-state index contributed by atoms with van der Waals surface area (Å²) in [7, 11) is 0. The fraction of sp³-hybridized carbons (Fsp3) is 0.550. The van der Waals surface area contributed by atoms with E-state index in [1.54, 1.807) is 6.33 Å². The second-order valence-corrected chi connectivity index (χ2v) is 7.18. The molecule has 2 aromatic heterocycles. The van der Waals surface area contributed by atoms with E-state index < -0.39 is 0 Å². The van der Waals surface area contributed by atoms with Crippen molar-refractivity contribution < 1.29 is 0 Å². The summed E-state index contributed by atoms with van der Waals surface area (Å²) >= 11 is 0. The Labute approximate surface area is 155 Å². The highest BCUT2D eigenvalue weighted by molar-refractivity contribution is 5.50. The van der Waals surface area contributed by atoms with Gasteiger partial charge in [-0.1, -0.05) is 6.07 Å². The maximum atomic E-state index is 4.54. The molecule has 2 fully saturated rings. The van der Waals surface area contributed by atoms with Crippen molar-refractivity contribution in [3.05, 3.63) is 42.5 Å². The average Bonchev–Trinajstić information content (AvgIpc) is 2.74. The van der Waals surface area contributed by atoms with Crippen molar-refractivity contribution in [2.75, 3.05) is 55.6 Å². The quantitative estimate of drug-likeness (QED) is 0.822. The molecule has 0 amide bonds. The number of piperazine rings is 1. The van der Waals surface area contributed by atoms with Gasteiger partial charge in [0.25, 0.3) is 0 Å². The lowest BCUT2D eigenvalue weighted by atomic mass is 10.1. The van der Waals surface area contributed by atoms with E-state index in [1.807, 2.05) is 12.3 Å². The number of pyridine rings is 1. The summed E-state index contributed by atoms with van der Waals surface area (Å²) in [4.78, 5) is 20.8. The lowest BCUT2D eigenvalue weighted by Gasteiger charge is -2.36. The first kappa shape index (κ1) is 17.2. The zero-order valence-corrected chi connectivity index (χ0v) is 15.4. The van der Waals surface area contributed by atoms with E-state index in [0.717, 1.165) is 63.9 Å². The summed E-state index contributed by atoms with van der Waals surface area (Å²) in [6, 6.07) is 8.32. The molecule has 0 atom stereocenters. The van der Waals surface area contributed by atoms with E-state index in [-0.39, 0.29) is 0 Å². The molecule has 26 heavy (non-hydrogen) atoms. The maximum Gasteiger partial charge on any atom is 0.134 e. The predicted molar refractivity (Wildman–Crippen MR) is 105 cm³/mol. The van der Waals surface area contributed by atoms with Gasteiger partial charge in [-0.3, -0.25) is 9.88 Å². The van der Waals surface area contributed by atoms with Crippen LogP contribution in [0.15, 0.2) is 36.8 Å². The number of piperidine rings is 1. The SMILES string of the molecule is c1ccc(CCN2CCN(c3cc(N4CCCCC4)ncn3)CC2)nc1. The topological polar surface area (TPSA) is 48.4 Å². The van der Waals surface area contributed by atoms with Gasteiger partial charge in [0, 0.05) is 70.2 Å². The molecule has 0 aromatic carbocycles. The predicted octanol–water partition coefficient (Wildman–Crippen LogP) is 2.23. The van der Waals surface area contributed by atoms with Gasteiger partial charge in [-0.2, -0.15) is 0 Å². The zero-order chi connectivity index (χ0) is 17.6. The fourth-order valence-electron chi connectivity index (χ4n) is 3.83. The van der Waals surface area contributed by atoms with Crippen molar-refractivity contribution in [2.45, 2.75) is 25.7 Å². The summed E-state index contributed by atoms with van der Waals surface area (Å²) in [6.07, 6.45) is 8.51. The Bertz CT molecular complexity index is 678. The van der Waals surface area contributed by atoms with E-state index >= 15 is 0 Å². The second kappa shape index (κ2) is 8.45. The van der Waals surface area contributed by atoms with Crippen LogP contribution in [0.3, 0.4) is 0 Å². The minimum Gasteiger partial charge on any atom is -0.356 e. The molecule has 2 saturated heterocycles. The standard InChI is InChI=1S/C20H28N6/c1-4-9-25(10-5-1)19-16-20(23-17-22-19)26-14-12-24(13-15-26)11-7-18-6-2-3-8-21-18/h2-3,6,8,16-17H,1,4-5,7,9-15H2. The minimum absolute atomic E-state index is 1.02. The average molecular weight is 352 g/mol. The first-order valence-corrected chi connectivity index (χ1v) is 9.83. The summed E-state index contributed by atoms with van der Waals surface area (Å²) in [5.74, 6) is 2.16. The Kier molecular flexibility index (Phi) is 5.59. The van der Waals surface area contributed by atoms with Gasteiger partial charge in [0.15, 0.2) is 0 Å². The summed E-state index contributed by atoms with van der Waals surface area (Å²) in [6.45, 7) is 7.53. The number of aromatic nitrogens is 3. The van der Waals surface area contributed by atoms with Crippen LogP contribution in [0.1, 0.15) is 25.0 Å². The van der Waals surface area contributed by atoms with Gasteiger partial charge in [0.05, 0.1) is 0 Å². The molecular weight excluding hydrogens is 324 g/mol. The van der Waals surface area contributed by atoms with Crippen LogP contribution in [-0.4, -0.2) is 65.7 Å². The van der Waals surface area contributed by atoms with Crippen molar-refractivity contribution in [1.82, 2.24) is 19.9 Å². The van der Waals surface area contributed by atoms with Crippen LogP contribution < -0.4 is 9.80 Å². The normalized spacial score (nSPS) is 18.9. The molecule has 0 bridgehead atoms. The molecule has 2 aliphatic rings. The minimum atomic E-state index is 1.02. The number of hydrogen-bond donors (Lipinski definition) is 0. The Hall–Kier alpha value is -2.21. The highest BCUT2D eigenvalue weighted by Gasteiger charge is 2.19. The van der Waals surface area contributed by atoms with Crippen LogP contribution in [0.25, 0.3) is 0 Å². The number of hydrogen-bond acceptors (Lipinski definition) is 6. The third-order valence-corrected chi connectivity index (χ3v) is 5.42. The molecule has 4 heterocycles. The van der Waals surface area contributed by atoms with Gasteiger partial charge < -0.3 is 9.80 Å². The first-order valence-electron chi connectivity index (χ1n) is 9.83. The van der Waals surface area contributed by atoms with Crippen LogP contribution in [0, 0.1) is 0 Å². The van der Waals surface area contributed by atoms with Crippen molar-refractivity contribution in [2.24, 2.45) is 0 Å². The Morgan fingerprint density at radius 2 is 1.50 bits per heavy atom. The van der Waals surface area contributed by atoms with Gasteiger partial charge in [-0.15, -0.1) is 0 Å². The third kappa shape index (κ3) is 4.30. The molecular formula is C20H28N6. The van der Waals surface area contributed by atoms with Crippen molar-refractivity contribution >= 4 is 11.6 Å². The maximum absolute atomic E-state index is 4.54. The van der Waals surface area contributed by atoms with Crippen LogP contribution in [0.2, 0.25) is 0 Å². The molecule has 2 aromatic rings. The molecule has 6 heteroatoms. The lowest BCUT2D eigenvalue weighted by molar-refractivity contribution is 0.259.